The van der Waals surface area contributed by atoms with Crippen molar-refractivity contribution in [3.63, 3.8) is 0 Å². The molecule has 1 aliphatic rings. The van der Waals surface area contributed by atoms with Crippen molar-refractivity contribution in [3.8, 4) is 0 Å². The summed E-state index contributed by atoms with van der Waals surface area (Å²) < 4.78 is 0. The zero-order valence-corrected chi connectivity index (χ0v) is 16.7. The van der Waals surface area contributed by atoms with Crippen LogP contribution in [0.5, 0.6) is 0 Å². The lowest BCUT2D eigenvalue weighted by Gasteiger charge is -2.25. The van der Waals surface area contributed by atoms with E-state index in [0.29, 0.717) is 6.42 Å². The van der Waals surface area contributed by atoms with E-state index in [9.17, 15) is 9.59 Å². The summed E-state index contributed by atoms with van der Waals surface area (Å²) in [5, 5.41) is 5.61. The Hall–Kier alpha value is -3.05. The maximum absolute atomic E-state index is 12.8. The standard InChI is InChI=1S/C24H22N2O2S/c27-23(16-22-24(28)26-19-13-7-8-14-21(19)29-22)25-20(18-11-5-2-6-12-18)15-17-9-3-1-4-10-17/h1-14,20,22H,15-16H2,(H,25,27)(H,26,28)/t20-,22+/m0/s1. The van der Waals surface area contributed by atoms with E-state index in [1.54, 1.807) is 0 Å². The summed E-state index contributed by atoms with van der Waals surface area (Å²) in [6.07, 6.45) is 0.840. The Morgan fingerprint density at radius 2 is 1.59 bits per heavy atom. The number of benzene rings is 3. The molecule has 0 spiro atoms. The van der Waals surface area contributed by atoms with Gasteiger partial charge in [-0.3, -0.25) is 9.59 Å². The first kappa shape index (κ1) is 19.3. The summed E-state index contributed by atoms with van der Waals surface area (Å²) in [5.41, 5.74) is 3.02. The lowest BCUT2D eigenvalue weighted by Crippen LogP contribution is -2.36. The van der Waals surface area contributed by atoms with Gasteiger partial charge in [-0.25, -0.2) is 0 Å². The fraction of sp³-hybridized carbons (Fsp3) is 0.167. The largest absolute Gasteiger partial charge is 0.349 e. The molecule has 4 nitrogen and oxygen atoms in total. The van der Waals surface area contributed by atoms with Gasteiger partial charge in [-0.1, -0.05) is 72.8 Å². The van der Waals surface area contributed by atoms with Gasteiger partial charge in [0.25, 0.3) is 0 Å². The third-order valence-corrected chi connectivity index (χ3v) is 6.17. The topological polar surface area (TPSA) is 58.2 Å². The normalized spacial score (nSPS) is 16.4. The molecule has 1 aliphatic heterocycles. The zero-order valence-electron chi connectivity index (χ0n) is 15.9. The highest BCUT2D eigenvalue weighted by atomic mass is 32.2. The predicted octanol–water partition coefficient (Wildman–Crippen LogP) is 4.59. The lowest BCUT2D eigenvalue weighted by atomic mass is 9.98. The third-order valence-electron chi connectivity index (χ3n) is 4.90. The van der Waals surface area contributed by atoms with E-state index in [1.165, 1.54) is 11.8 Å². The van der Waals surface area contributed by atoms with Crippen molar-refractivity contribution in [2.24, 2.45) is 0 Å². The van der Waals surface area contributed by atoms with Crippen LogP contribution in [-0.2, 0) is 16.0 Å². The minimum Gasteiger partial charge on any atom is -0.349 e. The van der Waals surface area contributed by atoms with Crippen LogP contribution in [0.1, 0.15) is 23.6 Å². The highest BCUT2D eigenvalue weighted by molar-refractivity contribution is 8.01. The third kappa shape index (κ3) is 4.87. The predicted molar refractivity (Wildman–Crippen MR) is 117 cm³/mol. The van der Waals surface area contributed by atoms with E-state index in [2.05, 4.69) is 22.8 Å². The average molecular weight is 403 g/mol. The van der Waals surface area contributed by atoms with Crippen LogP contribution in [0.2, 0.25) is 0 Å². The number of amides is 2. The molecule has 0 aliphatic carbocycles. The summed E-state index contributed by atoms with van der Waals surface area (Å²) in [5.74, 6) is -0.245. The van der Waals surface area contributed by atoms with Gasteiger partial charge in [-0.2, -0.15) is 0 Å². The first-order chi connectivity index (χ1) is 14.2. The van der Waals surface area contributed by atoms with Gasteiger partial charge in [0.05, 0.1) is 17.0 Å². The monoisotopic (exact) mass is 402 g/mol. The lowest BCUT2D eigenvalue weighted by molar-refractivity contribution is -0.124. The van der Waals surface area contributed by atoms with Gasteiger partial charge >= 0.3 is 0 Å². The van der Waals surface area contributed by atoms with Crippen LogP contribution in [0.4, 0.5) is 5.69 Å². The fourth-order valence-electron chi connectivity index (χ4n) is 3.44. The second kappa shape index (κ2) is 8.97. The van der Waals surface area contributed by atoms with Gasteiger partial charge in [-0.15, -0.1) is 11.8 Å². The molecule has 3 aromatic rings. The molecule has 2 atom stereocenters. The minimum absolute atomic E-state index is 0.122. The van der Waals surface area contributed by atoms with Crippen LogP contribution in [0.25, 0.3) is 0 Å². The second-order valence-electron chi connectivity index (χ2n) is 7.02. The minimum atomic E-state index is -0.432. The van der Waals surface area contributed by atoms with Crippen molar-refractivity contribution >= 4 is 29.3 Å². The number of nitrogens with one attached hydrogen (secondary N) is 2. The summed E-state index contributed by atoms with van der Waals surface area (Å²) in [6.45, 7) is 0. The molecule has 5 heteroatoms. The SMILES string of the molecule is O=C(C[C@H]1Sc2ccccc2NC1=O)N[C@@H](Cc1ccccc1)c1ccccc1. The molecular formula is C24H22N2O2S. The van der Waals surface area contributed by atoms with E-state index < -0.39 is 5.25 Å². The molecule has 1 heterocycles. The van der Waals surface area contributed by atoms with Crippen molar-refractivity contribution in [1.29, 1.82) is 0 Å². The van der Waals surface area contributed by atoms with E-state index in [4.69, 9.17) is 0 Å². The zero-order chi connectivity index (χ0) is 20.1. The van der Waals surface area contributed by atoms with Crippen molar-refractivity contribution in [2.45, 2.75) is 29.0 Å². The molecule has 2 N–H and O–H groups in total. The molecule has 4 rings (SSSR count). The summed E-state index contributed by atoms with van der Waals surface area (Å²) in [6, 6.07) is 27.6. The van der Waals surface area contributed by atoms with Gasteiger partial charge in [0, 0.05) is 11.3 Å². The van der Waals surface area contributed by atoms with Crippen molar-refractivity contribution < 1.29 is 9.59 Å². The number of hydrogen-bond donors (Lipinski definition) is 2. The Morgan fingerprint density at radius 1 is 0.931 bits per heavy atom. The fourth-order valence-corrected chi connectivity index (χ4v) is 4.55. The number of para-hydroxylation sites is 1. The highest BCUT2D eigenvalue weighted by Crippen LogP contribution is 2.36. The quantitative estimate of drug-likeness (QED) is 0.634. The van der Waals surface area contributed by atoms with Crippen molar-refractivity contribution in [3.05, 3.63) is 96.1 Å². The summed E-state index contributed by atoms with van der Waals surface area (Å²) in [4.78, 5) is 26.3. The van der Waals surface area contributed by atoms with Crippen LogP contribution in [0.15, 0.2) is 89.8 Å². The Morgan fingerprint density at radius 3 is 2.34 bits per heavy atom. The maximum atomic E-state index is 12.8. The average Bonchev–Trinajstić information content (AvgIpc) is 2.75. The Labute approximate surface area is 174 Å². The maximum Gasteiger partial charge on any atom is 0.238 e. The van der Waals surface area contributed by atoms with E-state index in [1.807, 2.05) is 72.8 Å². The number of carbonyl (C=O) groups is 2. The van der Waals surface area contributed by atoms with Gasteiger partial charge in [-0.05, 0) is 29.7 Å². The van der Waals surface area contributed by atoms with Crippen LogP contribution < -0.4 is 10.6 Å². The molecule has 0 bridgehead atoms. The molecular weight excluding hydrogens is 380 g/mol. The first-order valence-electron chi connectivity index (χ1n) is 9.64. The molecule has 0 fully saturated rings. The van der Waals surface area contributed by atoms with Crippen molar-refractivity contribution in [2.75, 3.05) is 5.32 Å². The number of rotatable bonds is 6. The van der Waals surface area contributed by atoms with Crippen LogP contribution >= 0.6 is 11.8 Å². The number of carbonyl (C=O) groups excluding carboxylic acids is 2. The molecule has 0 aromatic heterocycles. The van der Waals surface area contributed by atoms with Gasteiger partial charge < -0.3 is 10.6 Å². The van der Waals surface area contributed by atoms with Crippen LogP contribution in [0, 0.1) is 0 Å². The molecule has 3 aromatic carbocycles. The molecule has 29 heavy (non-hydrogen) atoms. The molecule has 0 saturated carbocycles. The van der Waals surface area contributed by atoms with Gasteiger partial charge in [0.15, 0.2) is 0 Å². The summed E-state index contributed by atoms with van der Waals surface area (Å²) >= 11 is 1.45. The Kier molecular flexibility index (Phi) is 5.96. The summed E-state index contributed by atoms with van der Waals surface area (Å²) in [7, 11) is 0. The van der Waals surface area contributed by atoms with E-state index in [0.717, 1.165) is 21.7 Å². The molecule has 146 valence electrons. The number of thioether (sulfide) groups is 1. The molecule has 0 saturated heterocycles. The number of anilines is 1. The highest BCUT2D eigenvalue weighted by Gasteiger charge is 2.29. The molecule has 0 unspecified atom stereocenters. The number of hydrogen-bond acceptors (Lipinski definition) is 3. The Balaban J connectivity index is 1.46. The van der Waals surface area contributed by atoms with E-state index in [-0.39, 0.29) is 24.3 Å². The smallest absolute Gasteiger partial charge is 0.238 e. The van der Waals surface area contributed by atoms with Crippen LogP contribution in [0.3, 0.4) is 0 Å². The first-order valence-corrected chi connectivity index (χ1v) is 10.5. The molecule has 2 amide bonds. The second-order valence-corrected chi connectivity index (χ2v) is 8.26. The van der Waals surface area contributed by atoms with E-state index >= 15 is 0 Å². The van der Waals surface area contributed by atoms with Crippen LogP contribution in [-0.4, -0.2) is 17.1 Å². The van der Waals surface area contributed by atoms with Gasteiger partial charge in [0.2, 0.25) is 11.8 Å². The molecule has 0 radical (unpaired) electrons. The number of fused-ring (bicyclic) bond motifs is 1. The van der Waals surface area contributed by atoms with Gasteiger partial charge in [0.1, 0.15) is 0 Å². The Bertz CT molecular complexity index is 992. The van der Waals surface area contributed by atoms with Crippen molar-refractivity contribution in [1.82, 2.24) is 5.32 Å².